The Morgan fingerprint density at radius 2 is 2.18 bits per heavy atom. The molecular formula is C24H21FN6O2. The lowest BCUT2D eigenvalue weighted by molar-refractivity contribution is -0.124. The van der Waals surface area contributed by atoms with Gasteiger partial charge in [-0.1, -0.05) is 6.92 Å². The third kappa shape index (κ3) is 2.65. The zero-order chi connectivity index (χ0) is 22.3. The first-order valence-electron chi connectivity index (χ1n) is 11.2. The number of aromatic nitrogens is 5. The van der Waals surface area contributed by atoms with Crippen molar-refractivity contribution in [3.63, 3.8) is 0 Å². The molecular weight excluding hydrogens is 423 g/mol. The molecule has 8 rings (SSSR count). The zero-order valence-corrected chi connectivity index (χ0v) is 17.9. The average Bonchev–Trinajstić information content (AvgIpc) is 3.12. The number of hydrogen-bond donors (Lipinski definition) is 1. The second kappa shape index (κ2) is 6.46. The molecule has 6 atom stereocenters. The van der Waals surface area contributed by atoms with Gasteiger partial charge in [-0.15, -0.1) is 5.10 Å². The van der Waals surface area contributed by atoms with Crippen molar-refractivity contribution in [3.05, 3.63) is 54.7 Å². The van der Waals surface area contributed by atoms with Gasteiger partial charge in [-0.25, -0.2) is 13.9 Å². The van der Waals surface area contributed by atoms with Crippen LogP contribution in [0.2, 0.25) is 0 Å². The van der Waals surface area contributed by atoms with Gasteiger partial charge in [0.15, 0.2) is 0 Å². The van der Waals surface area contributed by atoms with Crippen molar-refractivity contribution in [2.24, 2.45) is 29.1 Å². The Bertz CT molecular complexity index is 1410. The summed E-state index contributed by atoms with van der Waals surface area (Å²) >= 11 is 0. The number of ether oxygens (including phenoxy) is 1. The maximum absolute atomic E-state index is 13.8. The quantitative estimate of drug-likeness (QED) is 0.506. The monoisotopic (exact) mass is 444 g/mol. The van der Waals surface area contributed by atoms with Crippen LogP contribution in [0.15, 0.2) is 48.9 Å². The highest BCUT2D eigenvalue weighted by atomic mass is 19.1. The number of carbonyl (C=O) groups is 1. The van der Waals surface area contributed by atoms with E-state index in [4.69, 9.17) is 4.74 Å². The predicted octanol–water partition coefficient (Wildman–Crippen LogP) is 3.49. The molecule has 8 nitrogen and oxygen atoms in total. The fourth-order valence-electron chi connectivity index (χ4n) is 6.62. The van der Waals surface area contributed by atoms with Crippen LogP contribution in [0.1, 0.15) is 19.8 Å². The van der Waals surface area contributed by atoms with Crippen molar-refractivity contribution >= 4 is 28.5 Å². The first-order valence-corrected chi connectivity index (χ1v) is 11.2. The van der Waals surface area contributed by atoms with E-state index in [1.54, 1.807) is 36.8 Å². The second-order valence-corrected chi connectivity index (χ2v) is 9.56. The molecule has 3 aromatic heterocycles. The van der Waals surface area contributed by atoms with Gasteiger partial charge in [0.05, 0.1) is 5.52 Å². The molecule has 1 amide bonds. The Kier molecular flexibility index (Phi) is 3.70. The summed E-state index contributed by atoms with van der Waals surface area (Å²) in [6.45, 7) is 1.98. The van der Waals surface area contributed by atoms with Gasteiger partial charge in [-0.05, 0) is 60.4 Å². The molecule has 4 aliphatic rings. The van der Waals surface area contributed by atoms with Crippen LogP contribution in [0, 0.1) is 34.9 Å². The molecule has 9 heteroatoms. The van der Waals surface area contributed by atoms with Crippen molar-refractivity contribution in [1.82, 2.24) is 24.6 Å². The number of amides is 1. The summed E-state index contributed by atoms with van der Waals surface area (Å²) in [4.78, 5) is 25.8. The van der Waals surface area contributed by atoms with Crippen LogP contribution in [0.3, 0.4) is 0 Å². The molecule has 0 aliphatic heterocycles. The van der Waals surface area contributed by atoms with E-state index in [0.717, 1.165) is 12.8 Å². The van der Waals surface area contributed by atoms with Crippen LogP contribution in [-0.2, 0) is 4.79 Å². The molecule has 1 spiro atoms. The normalized spacial score (nSPS) is 30.0. The van der Waals surface area contributed by atoms with E-state index in [2.05, 4.69) is 25.4 Å². The smallest absolute Gasteiger partial charge is 0.253 e. The molecule has 4 aliphatic carbocycles. The Labute approximate surface area is 188 Å². The zero-order valence-electron chi connectivity index (χ0n) is 17.9. The molecule has 4 saturated carbocycles. The first-order chi connectivity index (χ1) is 16.0. The number of nitrogens with zero attached hydrogens (tertiary/aromatic N) is 5. The maximum Gasteiger partial charge on any atom is 0.253 e. The van der Waals surface area contributed by atoms with Crippen molar-refractivity contribution in [3.8, 4) is 5.75 Å². The summed E-state index contributed by atoms with van der Waals surface area (Å²) < 4.78 is 21.8. The molecule has 3 heterocycles. The Balaban J connectivity index is 1.10. The van der Waals surface area contributed by atoms with Crippen LogP contribution >= 0.6 is 0 Å². The van der Waals surface area contributed by atoms with Gasteiger partial charge in [0, 0.05) is 35.8 Å². The number of hydrogen-bond acceptors (Lipinski definition) is 6. The fourth-order valence-corrected chi connectivity index (χ4v) is 6.62. The third-order valence-corrected chi connectivity index (χ3v) is 7.98. The van der Waals surface area contributed by atoms with Crippen molar-refractivity contribution in [2.45, 2.75) is 25.9 Å². The maximum atomic E-state index is 13.8. The average molecular weight is 444 g/mol. The van der Waals surface area contributed by atoms with Crippen LogP contribution in [0.5, 0.6) is 5.75 Å². The number of fused-ring (bicyclic) bond motifs is 3. The molecule has 1 aromatic carbocycles. The lowest BCUT2D eigenvalue weighted by Gasteiger charge is -2.39. The highest BCUT2D eigenvalue weighted by Gasteiger charge is 2.82. The molecule has 0 saturated heterocycles. The van der Waals surface area contributed by atoms with Gasteiger partial charge in [-0.3, -0.25) is 15.1 Å². The lowest BCUT2D eigenvalue weighted by Crippen LogP contribution is -2.43. The molecule has 1 N–H and O–H groups in total. The van der Waals surface area contributed by atoms with E-state index in [0.29, 0.717) is 34.3 Å². The second-order valence-electron chi connectivity index (χ2n) is 9.56. The van der Waals surface area contributed by atoms with Gasteiger partial charge in [-0.2, -0.15) is 4.98 Å². The lowest BCUT2D eigenvalue weighted by atomic mass is 9.65. The number of benzene rings is 1. The SMILES string of the molecule is CC(C(=O)Nc1nc2ncccn2n1)[C@@H]1C2[C@H](Oc3ccnc4ccc(F)cc34)C[C@]13C[C@@H]23. The van der Waals surface area contributed by atoms with Gasteiger partial charge >= 0.3 is 0 Å². The minimum absolute atomic E-state index is 0.0235. The van der Waals surface area contributed by atoms with E-state index in [1.165, 1.54) is 16.6 Å². The van der Waals surface area contributed by atoms with Crippen LogP contribution < -0.4 is 10.1 Å². The highest BCUT2D eigenvalue weighted by Crippen LogP contribution is 2.84. The van der Waals surface area contributed by atoms with E-state index in [9.17, 15) is 9.18 Å². The number of carbonyl (C=O) groups excluding carboxylic acids is 1. The van der Waals surface area contributed by atoms with Crippen molar-refractivity contribution in [2.75, 3.05) is 5.32 Å². The van der Waals surface area contributed by atoms with E-state index in [1.807, 2.05) is 6.92 Å². The summed E-state index contributed by atoms with van der Waals surface area (Å²) in [5.41, 5.74) is 0.898. The summed E-state index contributed by atoms with van der Waals surface area (Å²) in [7, 11) is 0. The minimum Gasteiger partial charge on any atom is -0.489 e. The Morgan fingerprint density at radius 1 is 1.27 bits per heavy atom. The number of rotatable bonds is 5. The molecule has 2 bridgehead atoms. The van der Waals surface area contributed by atoms with Crippen molar-refractivity contribution < 1.29 is 13.9 Å². The van der Waals surface area contributed by atoms with Crippen LogP contribution in [0.25, 0.3) is 16.7 Å². The highest BCUT2D eigenvalue weighted by molar-refractivity contribution is 5.91. The standard InChI is InChI=1S/C24H21FN6O2/c1-12(21(32)28-22-29-23-27-6-2-8-31(23)30-22)20-19-15-10-24(15,20)11-18(19)33-17-5-7-26-16-4-3-13(25)9-14(16)17/h2-9,12,15,18-20H,10-11H2,1H3,(H,28,30,32)/t12?,15-,18+,19?,20+,24-/m0/s1. The Morgan fingerprint density at radius 3 is 3.06 bits per heavy atom. The molecule has 4 fully saturated rings. The Hall–Kier alpha value is -3.62. The summed E-state index contributed by atoms with van der Waals surface area (Å²) in [6, 6.07) is 8.11. The number of halogens is 1. The molecule has 2 unspecified atom stereocenters. The van der Waals surface area contributed by atoms with Gasteiger partial charge in [0.2, 0.25) is 5.91 Å². The van der Waals surface area contributed by atoms with E-state index < -0.39 is 0 Å². The van der Waals surface area contributed by atoms with Gasteiger partial charge < -0.3 is 4.74 Å². The third-order valence-electron chi connectivity index (χ3n) is 7.98. The summed E-state index contributed by atoms with van der Waals surface area (Å²) in [5, 5.41) is 7.83. The first kappa shape index (κ1) is 18.9. The van der Waals surface area contributed by atoms with Crippen molar-refractivity contribution in [1.29, 1.82) is 0 Å². The predicted molar refractivity (Wildman–Crippen MR) is 117 cm³/mol. The number of anilines is 1. The number of nitrogens with one attached hydrogen (secondary N) is 1. The molecule has 33 heavy (non-hydrogen) atoms. The van der Waals surface area contributed by atoms with Gasteiger partial charge in [0.25, 0.3) is 11.7 Å². The van der Waals surface area contributed by atoms with E-state index >= 15 is 0 Å². The largest absolute Gasteiger partial charge is 0.489 e. The fraction of sp³-hybridized carbons (Fsp3) is 0.375. The van der Waals surface area contributed by atoms with Gasteiger partial charge in [0.1, 0.15) is 17.7 Å². The summed E-state index contributed by atoms with van der Waals surface area (Å²) in [6.07, 6.45) is 7.18. The van der Waals surface area contributed by atoms with E-state index in [-0.39, 0.29) is 41.0 Å². The molecule has 0 radical (unpaired) electrons. The molecule has 4 aromatic rings. The summed E-state index contributed by atoms with van der Waals surface area (Å²) in [5.74, 6) is 1.98. The topological polar surface area (TPSA) is 94.3 Å². The minimum atomic E-state index is -0.309. The van der Waals surface area contributed by atoms with Crippen LogP contribution in [0.4, 0.5) is 10.3 Å². The van der Waals surface area contributed by atoms with Crippen LogP contribution in [-0.4, -0.2) is 36.6 Å². The number of pyridine rings is 1. The molecule has 166 valence electrons.